The minimum absolute atomic E-state index is 0.110. The van der Waals surface area contributed by atoms with Crippen LogP contribution in [0.2, 0.25) is 0 Å². The molecule has 5 nitrogen and oxygen atoms in total. The van der Waals surface area contributed by atoms with Gasteiger partial charge in [-0.2, -0.15) is 0 Å². The molecule has 1 N–H and O–H groups in total. The molecule has 0 spiro atoms. The van der Waals surface area contributed by atoms with Gasteiger partial charge in [0, 0.05) is 12.8 Å². The van der Waals surface area contributed by atoms with Crippen LogP contribution in [0.3, 0.4) is 0 Å². The third kappa shape index (κ3) is 29.3. The highest BCUT2D eigenvalue weighted by molar-refractivity contribution is 5.69. The molecule has 0 heterocycles. The van der Waals surface area contributed by atoms with Crippen LogP contribution < -0.4 is 0 Å². The van der Waals surface area contributed by atoms with Gasteiger partial charge in [0.15, 0.2) is 0 Å². The number of hydrogen-bond donors (Lipinski definition) is 1. The lowest BCUT2D eigenvalue weighted by atomic mass is 10.0. The van der Waals surface area contributed by atoms with E-state index in [1.807, 2.05) is 0 Å². The van der Waals surface area contributed by atoms with Gasteiger partial charge in [-0.3, -0.25) is 9.59 Å². The Morgan fingerprint density at radius 1 is 0.541 bits per heavy atom. The molecular weight excluding hydrogens is 464 g/mol. The number of hydrogen-bond acceptors (Lipinski definition) is 5. The van der Waals surface area contributed by atoms with Gasteiger partial charge in [-0.15, -0.1) is 0 Å². The molecule has 0 aliphatic heterocycles. The molecule has 220 valence electrons. The molecular formula is C32H62O5. The van der Waals surface area contributed by atoms with Gasteiger partial charge in [-0.05, 0) is 18.8 Å². The van der Waals surface area contributed by atoms with Crippen molar-refractivity contribution < 1.29 is 24.2 Å². The Morgan fingerprint density at radius 2 is 0.865 bits per heavy atom. The number of carbonyl (C=O) groups is 2. The summed E-state index contributed by atoms with van der Waals surface area (Å²) in [4.78, 5) is 23.7. The minimum atomic E-state index is -0.953. The number of ether oxygens (including phenoxy) is 2. The van der Waals surface area contributed by atoms with Crippen LogP contribution in [0.1, 0.15) is 168 Å². The number of unbranched alkanes of at least 4 members (excludes halogenated alkanes) is 18. The van der Waals surface area contributed by atoms with Crippen molar-refractivity contribution in [2.45, 2.75) is 175 Å². The summed E-state index contributed by atoms with van der Waals surface area (Å²) < 4.78 is 10.3. The summed E-state index contributed by atoms with van der Waals surface area (Å²) in [5.41, 5.74) is 0. The maximum absolute atomic E-state index is 11.9. The fraction of sp³-hybridized carbons (Fsp3) is 0.938. The fourth-order valence-electron chi connectivity index (χ4n) is 4.56. The average Bonchev–Trinajstić information content (AvgIpc) is 2.87. The van der Waals surface area contributed by atoms with Crippen LogP contribution in [-0.2, 0) is 19.1 Å². The Morgan fingerprint density at radius 3 is 1.22 bits per heavy atom. The topological polar surface area (TPSA) is 72.8 Å². The van der Waals surface area contributed by atoms with Crippen LogP contribution in [-0.4, -0.2) is 36.4 Å². The SMILES string of the molecule is CCCCCCCCCCCCCCC(=O)OC[C@H](O)COC(=O)CCCCCCCCCCC(C)C. The molecule has 0 bridgehead atoms. The van der Waals surface area contributed by atoms with Crippen LogP contribution in [0.25, 0.3) is 0 Å². The molecule has 0 aromatic rings. The predicted molar refractivity (Wildman–Crippen MR) is 155 cm³/mol. The smallest absolute Gasteiger partial charge is 0.305 e. The second kappa shape index (κ2) is 27.9. The first-order valence-electron chi connectivity index (χ1n) is 15.9. The molecule has 0 rings (SSSR count). The number of carbonyl (C=O) groups excluding carboxylic acids is 2. The molecule has 0 saturated carbocycles. The van der Waals surface area contributed by atoms with Gasteiger partial charge >= 0.3 is 11.9 Å². The molecule has 0 aromatic heterocycles. The van der Waals surface area contributed by atoms with E-state index in [4.69, 9.17) is 9.47 Å². The second-order valence-electron chi connectivity index (χ2n) is 11.4. The summed E-state index contributed by atoms with van der Waals surface area (Å²) in [7, 11) is 0. The van der Waals surface area contributed by atoms with E-state index in [9.17, 15) is 14.7 Å². The van der Waals surface area contributed by atoms with Crippen molar-refractivity contribution in [1.82, 2.24) is 0 Å². The fourth-order valence-corrected chi connectivity index (χ4v) is 4.56. The average molecular weight is 527 g/mol. The zero-order chi connectivity index (χ0) is 27.4. The van der Waals surface area contributed by atoms with Gasteiger partial charge in [0.05, 0.1) is 0 Å². The first kappa shape index (κ1) is 35.9. The van der Waals surface area contributed by atoms with Gasteiger partial charge in [-0.1, -0.05) is 143 Å². The van der Waals surface area contributed by atoms with Crippen molar-refractivity contribution >= 4 is 11.9 Å². The molecule has 1 atom stereocenters. The highest BCUT2D eigenvalue weighted by Gasteiger charge is 2.12. The van der Waals surface area contributed by atoms with Crippen LogP contribution >= 0.6 is 0 Å². The lowest BCUT2D eigenvalue weighted by Gasteiger charge is -2.12. The van der Waals surface area contributed by atoms with Crippen molar-refractivity contribution in [3.8, 4) is 0 Å². The first-order chi connectivity index (χ1) is 18.0. The normalized spacial score (nSPS) is 12.1. The maximum atomic E-state index is 11.9. The van der Waals surface area contributed by atoms with Crippen molar-refractivity contribution in [1.29, 1.82) is 0 Å². The first-order valence-corrected chi connectivity index (χ1v) is 15.9. The van der Waals surface area contributed by atoms with Crippen molar-refractivity contribution in [3.63, 3.8) is 0 Å². The molecule has 0 radical (unpaired) electrons. The molecule has 0 fully saturated rings. The lowest BCUT2D eigenvalue weighted by molar-refractivity contribution is -0.152. The van der Waals surface area contributed by atoms with Crippen LogP contribution in [0, 0.1) is 5.92 Å². The van der Waals surface area contributed by atoms with E-state index < -0.39 is 6.10 Å². The molecule has 0 amide bonds. The molecule has 5 heteroatoms. The predicted octanol–water partition coefficient (Wildman–Crippen LogP) is 9.08. The van der Waals surface area contributed by atoms with Gasteiger partial charge < -0.3 is 14.6 Å². The summed E-state index contributed by atoms with van der Waals surface area (Å²) in [5, 5.41) is 9.93. The monoisotopic (exact) mass is 526 g/mol. The zero-order valence-electron chi connectivity index (χ0n) is 24.9. The van der Waals surface area contributed by atoms with Crippen LogP contribution in [0.15, 0.2) is 0 Å². The van der Waals surface area contributed by atoms with Crippen LogP contribution in [0.5, 0.6) is 0 Å². The van der Waals surface area contributed by atoms with Crippen molar-refractivity contribution in [2.75, 3.05) is 13.2 Å². The summed E-state index contributed by atoms with van der Waals surface area (Å²) >= 11 is 0. The Balaban J connectivity index is 3.42. The number of aliphatic hydroxyl groups excluding tert-OH is 1. The summed E-state index contributed by atoms with van der Waals surface area (Å²) in [6.45, 7) is 6.59. The number of esters is 2. The summed E-state index contributed by atoms with van der Waals surface area (Å²) in [6.07, 6.45) is 25.8. The Bertz CT molecular complexity index is 505. The highest BCUT2D eigenvalue weighted by atomic mass is 16.6. The van der Waals surface area contributed by atoms with Gasteiger partial charge in [0.2, 0.25) is 0 Å². The van der Waals surface area contributed by atoms with E-state index in [-0.39, 0.29) is 25.2 Å². The molecule has 37 heavy (non-hydrogen) atoms. The van der Waals surface area contributed by atoms with Crippen molar-refractivity contribution in [2.24, 2.45) is 5.92 Å². The highest BCUT2D eigenvalue weighted by Crippen LogP contribution is 2.14. The summed E-state index contributed by atoms with van der Waals surface area (Å²) in [6, 6.07) is 0. The summed E-state index contributed by atoms with van der Waals surface area (Å²) in [5.74, 6) is 0.248. The van der Waals surface area contributed by atoms with E-state index in [1.54, 1.807) is 0 Å². The Hall–Kier alpha value is -1.10. The van der Waals surface area contributed by atoms with Gasteiger partial charge in [0.25, 0.3) is 0 Å². The second-order valence-corrected chi connectivity index (χ2v) is 11.4. The number of aliphatic hydroxyl groups is 1. The standard InChI is InChI=1S/C32H62O5/c1-4-5-6-7-8-9-10-11-12-16-19-22-25-31(34)36-27-30(33)28-37-32(35)26-23-20-17-14-13-15-18-21-24-29(2)3/h29-30,33H,4-28H2,1-3H3/t30-/m0/s1. The van der Waals surface area contributed by atoms with E-state index in [1.165, 1.54) is 103 Å². The Labute approximate surface area is 229 Å². The van der Waals surface area contributed by atoms with E-state index in [2.05, 4.69) is 20.8 Å². The molecule has 0 aliphatic carbocycles. The maximum Gasteiger partial charge on any atom is 0.305 e. The van der Waals surface area contributed by atoms with Gasteiger partial charge in [-0.25, -0.2) is 0 Å². The minimum Gasteiger partial charge on any atom is -0.463 e. The van der Waals surface area contributed by atoms with E-state index in [0.29, 0.717) is 12.8 Å². The quantitative estimate of drug-likeness (QED) is 0.0813. The molecule has 0 aromatic carbocycles. The van der Waals surface area contributed by atoms with E-state index >= 15 is 0 Å². The molecule has 0 aliphatic rings. The largest absolute Gasteiger partial charge is 0.463 e. The van der Waals surface area contributed by atoms with E-state index in [0.717, 1.165) is 38.0 Å². The van der Waals surface area contributed by atoms with Crippen molar-refractivity contribution in [3.05, 3.63) is 0 Å². The van der Waals surface area contributed by atoms with Gasteiger partial charge in [0.1, 0.15) is 19.3 Å². The molecule has 0 unspecified atom stereocenters. The third-order valence-electron chi connectivity index (χ3n) is 7.02. The lowest BCUT2D eigenvalue weighted by Crippen LogP contribution is -2.25. The number of rotatable bonds is 28. The zero-order valence-corrected chi connectivity index (χ0v) is 24.9. The van der Waals surface area contributed by atoms with Crippen LogP contribution in [0.4, 0.5) is 0 Å². The molecule has 0 saturated heterocycles. The Kier molecular flexibility index (Phi) is 27.1. The third-order valence-corrected chi connectivity index (χ3v) is 7.02.